The summed E-state index contributed by atoms with van der Waals surface area (Å²) < 4.78 is 6.39. The van der Waals surface area contributed by atoms with Crippen LogP contribution >= 0.6 is 0 Å². The van der Waals surface area contributed by atoms with Crippen molar-refractivity contribution in [3.8, 4) is 0 Å². The molecule has 0 nitrogen and oxygen atoms in total. The molecule has 0 amide bonds. The molecule has 2 unspecified atom stereocenters. The van der Waals surface area contributed by atoms with Crippen LogP contribution in [-0.2, 0) is 17.4 Å². The minimum atomic E-state index is -3.89. The summed E-state index contributed by atoms with van der Waals surface area (Å²) in [7, 11) is 0. The van der Waals surface area contributed by atoms with E-state index in [-0.39, 0.29) is 24.8 Å². The Morgan fingerprint density at radius 2 is 0.704 bits per heavy atom. The van der Waals surface area contributed by atoms with Crippen molar-refractivity contribution in [3.05, 3.63) is 202 Å². The molecule has 0 saturated carbocycles. The van der Waals surface area contributed by atoms with E-state index in [4.69, 9.17) is 0 Å². The van der Waals surface area contributed by atoms with E-state index in [1.807, 2.05) is 0 Å². The van der Waals surface area contributed by atoms with Crippen molar-refractivity contribution in [2.24, 2.45) is 0 Å². The summed E-state index contributed by atoms with van der Waals surface area (Å²) in [6.07, 6.45) is 0. The van der Waals surface area contributed by atoms with Crippen LogP contribution in [0.5, 0.6) is 0 Å². The Balaban J connectivity index is 0.00000207. The number of fused-ring (bicyclic) bond motifs is 6. The van der Waals surface area contributed by atoms with Crippen LogP contribution in [0.4, 0.5) is 0 Å². The maximum Gasteiger partial charge on any atom is -1.00 e. The van der Waals surface area contributed by atoms with Gasteiger partial charge in [0.25, 0.3) is 0 Å². The zero-order valence-corrected chi connectivity index (χ0v) is 36.5. The van der Waals surface area contributed by atoms with E-state index in [0.29, 0.717) is 7.25 Å². The number of hydrogen-bond acceptors (Lipinski definition) is 0. The Labute approximate surface area is 333 Å². The third kappa shape index (κ3) is 5.40. The predicted molar refractivity (Wildman–Crippen MR) is 225 cm³/mol. The van der Waals surface area contributed by atoms with E-state index in [2.05, 4.69) is 188 Å². The van der Waals surface area contributed by atoms with Gasteiger partial charge in [-0.25, -0.2) is 0 Å². The average molecular weight is 833 g/mol. The second-order valence-corrected chi connectivity index (χ2v) is 47.0. The van der Waals surface area contributed by atoms with Gasteiger partial charge >= 0.3 is 311 Å². The van der Waals surface area contributed by atoms with E-state index in [1.165, 1.54) is 87.6 Å². The second kappa shape index (κ2) is 13.3. The van der Waals surface area contributed by atoms with Crippen LogP contribution in [-0.4, -0.2) is 6.88 Å². The molecule has 0 N–H and O–H groups in total. The molecule has 264 valence electrons. The molecule has 0 fully saturated rings. The number of hydrogen-bond donors (Lipinski definition) is 0. The fraction of sp³-hybridized carbons (Fsp3) is 0.120. The minimum absolute atomic E-state index is 0. The molecule has 0 heterocycles. The van der Waals surface area contributed by atoms with Gasteiger partial charge in [-0.3, -0.25) is 0 Å². The molecule has 2 atom stereocenters. The topological polar surface area (TPSA) is 0 Å². The Hall–Kier alpha value is -4.04. The largest absolute Gasteiger partial charge is 1.00 e. The van der Waals surface area contributed by atoms with Crippen LogP contribution in [0.25, 0.3) is 54.2 Å². The molecular formula is C50H42Cl2SiZr. The molecule has 0 aliphatic heterocycles. The average Bonchev–Trinajstić information content (AvgIpc) is 3.63. The van der Waals surface area contributed by atoms with Crippen LogP contribution in [0.15, 0.2) is 169 Å². The normalized spacial score (nSPS) is 16.4. The Kier molecular flexibility index (Phi) is 9.10. The van der Waals surface area contributed by atoms with E-state index >= 15 is 0 Å². The summed E-state index contributed by atoms with van der Waals surface area (Å²) in [6, 6.07) is 59.8. The first-order valence-electron chi connectivity index (χ1n) is 18.7. The zero-order valence-electron chi connectivity index (χ0n) is 31.1. The summed E-state index contributed by atoms with van der Waals surface area (Å²) >= 11 is -3.89. The standard InChI is InChI=1S/2C24H17.2CH3.2ClH.H2Si.Zr/c2*1-16-13-19-9-4-5-11-21(19)24(16)22-12-6-10-20-14-17-7-2-3-8-18(17)15-23(20)22;;;;;;/h2*2-15H,1H3;2*1H3;2*1H;1H2;/q;;;;;;;+2/p-2. The smallest absolute Gasteiger partial charge is 1.00 e. The van der Waals surface area contributed by atoms with E-state index in [0.717, 1.165) is 0 Å². The van der Waals surface area contributed by atoms with Crippen LogP contribution in [0.3, 0.4) is 0 Å². The van der Waals surface area contributed by atoms with Crippen LogP contribution in [0, 0.1) is 0 Å². The molecule has 0 spiro atoms. The molecular weight excluding hydrogens is 791 g/mol. The van der Waals surface area contributed by atoms with Crippen molar-refractivity contribution in [1.29, 1.82) is 0 Å². The van der Waals surface area contributed by atoms with Gasteiger partial charge in [0.2, 0.25) is 0 Å². The molecule has 8 aromatic carbocycles. The van der Waals surface area contributed by atoms with Crippen molar-refractivity contribution in [2.75, 3.05) is 0 Å². The molecule has 8 aromatic rings. The van der Waals surface area contributed by atoms with Crippen molar-refractivity contribution < 1.29 is 42.2 Å². The van der Waals surface area contributed by atoms with Gasteiger partial charge < -0.3 is 24.8 Å². The number of rotatable bonds is 4. The summed E-state index contributed by atoms with van der Waals surface area (Å²) in [5.41, 5.74) is 14.7. The Morgan fingerprint density at radius 1 is 0.389 bits per heavy atom. The van der Waals surface area contributed by atoms with Crippen LogP contribution in [0.2, 0.25) is 9.26 Å². The molecule has 0 bridgehead atoms. The fourth-order valence-electron chi connectivity index (χ4n) is 10.8. The molecule has 0 aromatic heterocycles. The van der Waals surface area contributed by atoms with Crippen molar-refractivity contribution >= 4 is 61.1 Å². The van der Waals surface area contributed by atoms with Crippen molar-refractivity contribution in [3.63, 3.8) is 0 Å². The Bertz CT molecular complexity index is 2780. The molecule has 0 saturated heterocycles. The van der Waals surface area contributed by atoms with Gasteiger partial charge in [0.1, 0.15) is 0 Å². The third-order valence-corrected chi connectivity index (χ3v) is 30.5. The first-order chi connectivity index (χ1) is 25.2. The quantitative estimate of drug-likeness (QED) is 0.131. The summed E-state index contributed by atoms with van der Waals surface area (Å²) in [5.74, 6) is 0. The van der Waals surface area contributed by atoms with Gasteiger partial charge in [0.05, 0.1) is 0 Å². The number of benzene rings is 8. The van der Waals surface area contributed by atoms with Gasteiger partial charge in [-0.1, -0.05) is 0 Å². The second-order valence-electron chi connectivity index (χ2n) is 16.5. The van der Waals surface area contributed by atoms with Gasteiger partial charge in [0, 0.05) is 0 Å². The molecule has 2 aliphatic rings. The SMILES string of the molecule is CC1=C(c2cccc3cc4ccccc4cc23)c2ccccc2[CH]1[Zr+2]([CH3])([CH3])(=[SiH2])[CH]1C(C)=C(c2cccc3cc4ccccc4cc23)c2ccccc21.[Cl-].[Cl-]. The summed E-state index contributed by atoms with van der Waals surface area (Å²) in [4.78, 5) is 0. The number of halogens is 2. The molecule has 2 aliphatic carbocycles. The van der Waals surface area contributed by atoms with Crippen LogP contribution in [0.1, 0.15) is 54.5 Å². The minimum Gasteiger partial charge on any atom is -1.00 e. The maximum absolute atomic E-state index is 3.89. The molecule has 4 heteroatoms. The van der Waals surface area contributed by atoms with Gasteiger partial charge in [-0.05, 0) is 0 Å². The van der Waals surface area contributed by atoms with E-state index in [9.17, 15) is 0 Å². The first-order valence-corrected chi connectivity index (χ1v) is 32.4. The van der Waals surface area contributed by atoms with Crippen LogP contribution < -0.4 is 24.8 Å². The summed E-state index contributed by atoms with van der Waals surface area (Å²) in [5, 5.41) is 10.5. The maximum atomic E-state index is 2.77. The predicted octanol–water partition coefficient (Wildman–Crippen LogP) is 7.09. The third-order valence-electron chi connectivity index (χ3n) is 12.7. The number of allylic oxidation sites excluding steroid dienone is 2. The Morgan fingerprint density at radius 3 is 1.11 bits per heavy atom. The monoisotopic (exact) mass is 830 g/mol. The molecule has 0 radical (unpaired) electrons. The van der Waals surface area contributed by atoms with Gasteiger partial charge in [-0.2, -0.15) is 0 Å². The zero-order chi connectivity index (χ0) is 35.4. The van der Waals surface area contributed by atoms with E-state index in [1.54, 1.807) is 11.1 Å². The first kappa shape index (κ1) is 36.9. The fourth-order valence-corrected chi connectivity index (χ4v) is 31.8. The van der Waals surface area contributed by atoms with Crippen molar-refractivity contribution in [1.82, 2.24) is 0 Å². The van der Waals surface area contributed by atoms with E-state index < -0.39 is 17.4 Å². The molecule has 54 heavy (non-hydrogen) atoms. The summed E-state index contributed by atoms with van der Waals surface area (Å²) in [6.45, 7) is 7.40. The molecule has 10 rings (SSSR count). The van der Waals surface area contributed by atoms with Gasteiger partial charge in [0.15, 0.2) is 0 Å². The van der Waals surface area contributed by atoms with Gasteiger partial charge in [-0.15, -0.1) is 0 Å². The van der Waals surface area contributed by atoms with Crippen molar-refractivity contribution in [2.45, 2.75) is 30.4 Å².